The Kier molecular flexibility index (Phi) is 1.68. The molecule has 2 bridgehead atoms. The molecule has 0 heterocycles. The first-order chi connectivity index (χ1) is 8.31. The van der Waals surface area contributed by atoms with Crippen molar-refractivity contribution in [1.29, 1.82) is 0 Å². The van der Waals surface area contributed by atoms with Crippen LogP contribution in [0.4, 0.5) is 0 Å². The first kappa shape index (κ1) is 9.47. The van der Waals surface area contributed by atoms with Crippen LogP contribution >= 0.6 is 0 Å². The third-order valence-corrected chi connectivity index (χ3v) is 4.77. The molecular weight excluding hydrogens is 204 g/mol. The maximum atomic E-state index is 4.29. The zero-order valence-electron chi connectivity index (χ0n) is 9.95. The topological polar surface area (TPSA) is 0 Å². The van der Waals surface area contributed by atoms with E-state index in [4.69, 9.17) is 0 Å². The van der Waals surface area contributed by atoms with Crippen molar-refractivity contribution in [2.24, 2.45) is 11.3 Å². The molecule has 2 atom stereocenters. The lowest BCUT2D eigenvalue weighted by molar-refractivity contribution is 0.482. The van der Waals surface area contributed by atoms with Crippen molar-refractivity contribution in [1.82, 2.24) is 0 Å². The molecule has 0 aromatic heterocycles. The van der Waals surface area contributed by atoms with E-state index < -0.39 is 0 Å². The zero-order valence-corrected chi connectivity index (χ0v) is 9.95. The number of hydrogen-bond acceptors (Lipinski definition) is 0. The van der Waals surface area contributed by atoms with Crippen molar-refractivity contribution in [3.05, 3.63) is 65.8 Å². The van der Waals surface area contributed by atoms with E-state index in [-0.39, 0.29) is 0 Å². The molecule has 0 aliphatic heterocycles. The molecule has 0 nitrogen and oxygen atoms in total. The first-order valence-electron chi connectivity index (χ1n) is 6.49. The minimum Gasteiger partial charge on any atom is -0.0949 e. The second-order valence-electron chi connectivity index (χ2n) is 5.52. The van der Waals surface area contributed by atoms with Crippen LogP contribution in [0.25, 0.3) is 5.57 Å². The maximum Gasteiger partial charge on any atom is 0.0217 e. The summed E-state index contributed by atoms with van der Waals surface area (Å²) >= 11 is 0. The Labute approximate surface area is 102 Å². The Hall–Kier alpha value is -1.56. The molecule has 1 spiro atoms. The lowest BCUT2D eigenvalue weighted by atomic mass is 9.74. The molecule has 0 radical (unpaired) electrons. The van der Waals surface area contributed by atoms with Gasteiger partial charge in [-0.25, -0.2) is 0 Å². The predicted octanol–water partition coefficient (Wildman–Crippen LogP) is 4.37. The van der Waals surface area contributed by atoms with Crippen molar-refractivity contribution in [3.8, 4) is 0 Å². The Morgan fingerprint density at radius 3 is 2.76 bits per heavy atom. The van der Waals surface area contributed by atoms with Crippen LogP contribution in [-0.4, -0.2) is 0 Å². The van der Waals surface area contributed by atoms with Crippen LogP contribution in [0.15, 0.2) is 60.2 Å². The van der Waals surface area contributed by atoms with Crippen molar-refractivity contribution < 1.29 is 0 Å². The van der Waals surface area contributed by atoms with Crippen molar-refractivity contribution in [2.45, 2.75) is 19.3 Å². The maximum absolute atomic E-state index is 4.29. The smallest absolute Gasteiger partial charge is 0.0217 e. The van der Waals surface area contributed by atoms with Gasteiger partial charge in [-0.3, -0.25) is 0 Å². The van der Waals surface area contributed by atoms with E-state index in [0.29, 0.717) is 11.3 Å². The first-order valence-corrected chi connectivity index (χ1v) is 6.49. The molecule has 3 aliphatic carbocycles. The van der Waals surface area contributed by atoms with Gasteiger partial charge in [0.1, 0.15) is 0 Å². The average molecular weight is 220 g/mol. The SMILES string of the molecule is C=C1C2=CCC[C@]23CC1C=C3c1ccccc1. The third-order valence-electron chi connectivity index (χ3n) is 4.77. The quantitative estimate of drug-likeness (QED) is 0.659. The third kappa shape index (κ3) is 1.04. The van der Waals surface area contributed by atoms with Gasteiger partial charge in [0.25, 0.3) is 0 Å². The van der Waals surface area contributed by atoms with Gasteiger partial charge in [-0.1, -0.05) is 49.1 Å². The number of allylic oxidation sites excluding steroid dienone is 5. The van der Waals surface area contributed by atoms with Crippen molar-refractivity contribution in [3.63, 3.8) is 0 Å². The van der Waals surface area contributed by atoms with Crippen molar-refractivity contribution in [2.75, 3.05) is 0 Å². The summed E-state index contributed by atoms with van der Waals surface area (Å²) in [6.45, 7) is 4.29. The van der Waals surface area contributed by atoms with Gasteiger partial charge in [-0.05, 0) is 41.5 Å². The Morgan fingerprint density at radius 1 is 1.12 bits per heavy atom. The molecule has 0 heteroatoms. The molecule has 84 valence electrons. The minimum atomic E-state index is 0.336. The van der Waals surface area contributed by atoms with Crippen LogP contribution in [0.2, 0.25) is 0 Å². The van der Waals surface area contributed by atoms with Gasteiger partial charge < -0.3 is 0 Å². The highest BCUT2D eigenvalue weighted by atomic mass is 14.6. The van der Waals surface area contributed by atoms with Crippen LogP contribution in [0.1, 0.15) is 24.8 Å². The van der Waals surface area contributed by atoms with Gasteiger partial charge in [0.15, 0.2) is 0 Å². The van der Waals surface area contributed by atoms with Crippen LogP contribution < -0.4 is 0 Å². The molecular formula is C17H16. The molecule has 1 aromatic rings. The monoisotopic (exact) mass is 220 g/mol. The summed E-state index contributed by atoms with van der Waals surface area (Å²) in [4.78, 5) is 0. The van der Waals surface area contributed by atoms with Gasteiger partial charge in [-0.15, -0.1) is 0 Å². The highest BCUT2D eigenvalue weighted by Crippen LogP contribution is 2.66. The van der Waals surface area contributed by atoms with E-state index in [1.807, 2.05) is 0 Å². The number of rotatable bonds is 1. The average Bonchev–Trinajstić information content (AvgIpc) is 3.01. The van der Waals surface area contributed by atoms with E-state index in [1.165, 1.54) is 30.4 Å². The second-order valence-corrected chi connectivity index (χ2v) is 5.52. The molecule has 0 amide bonds. The van der Waals surface area contributed by atoms with Crippen LogP contribution in [0.3, 0.4) is 0 Å². The van der Waals surface area contributed by atoms with E-state index in [0.717, 1.165) is 0 Å². The Balaban J connectivity index is 1.91. The summed E-state index contributed by atoms with van der Waals surface area (Å²) < 4.78 is 0. The standard InChI is InChI=1S/C17H16/c1-12-14-10-16(13-6-3-2-4-7-13)17(11-14)9-5-8-15(12)17/h2-4,6-8,10,14H,1,5,9,11H2/t14?,17-/m0/s1. The summed E-state index contributed by atoms with van der Waals surface area (Å²) in [5.41, 5.74) is 6.27. The molecule has 1 saturated carbocycles. The van der Waals surface area contributed by atoms with Gasteiger partial charge >= 0.3 is 0 Å². The van der Waals surface area contributed by atoms with Gasteiger partial charge in [0.2, 0.25) is 0 Å². The van der Waals surface area contributed by atoms with Gasteiger partial charge in [0.05, 0.1) is 0 Å². The van der Waals surface area contributed by atoms with E-state index in [2.05, 4.69) is 49.1 Å². The Morgan fingerprint density at radius 2 is 1.94 bits per heavy atom. The second kappa shape index (κ2) is 3.01. The molecule has 0 saturated heterocycles. The Bertz CT molecular complexity index is 559. The van der Waals surface area contributed by atoms with Crippen LogP contribution in [-0.2, 0) is 0 Å². The summed E-state index contributed by atoms with van der Waals surface area (Å²) in [6, 6.07) is 10.9. The molecule has 4 rings (SSSR count). The highest BCUT2D eigenvalue weighted by molar-refractivity contribution is 5.82. The fourth-order valence-electron chi connectivity index (χ4n) is 4.04. The fraction of sp³-hybridized carbons (Fsp3) is 0.294. The van der Waals surface area contributed by atoms with E-state index >= 15 is 0 Å². The predicted molar refractivity (Wildman–Crippen MR) is 71.4 cm³/mol. The fourth-order valence-corrected chi connectivity index (χ4v) is 4.04. The lowest BCUT2D eigenvalue weighted by Gasteiger charge is -2.29. The molecule has 3 aliphatic rings. The van der Waals surface area contributed by atoms with Gasteiger partial charge in [0, 0.05) is 11.3 Å². The summed E-state index contributed by atoms with van der Waals surface area (Å²) in [5, 5.41) is 0. The summed E-state index contributed by atoms with van der Waals surface area (Å²) in [5.74, 6) is 0.608. The zero-order chi connectivity index (χ0) is 11.5. The number of hydrogen-bond donors (Lipinski definition) is 0. The molecule has 17 heavy (non-hydrogen) atoms. The lowest BCUT2D eigenvalue weighted by Crippen LogP contribution is -2.16. The molecule has 1 unspecified atom stereocenters. The highest BCUT2D eigenvalue weighted by Gasteiger charge is 2.53. The van der Waals surface area contributed by atoms with Crippen molar-refractivity contribution >= 4 is 5.57 Å². The largest absolute Gasteiger partial charge is 0.0949 e. The van der Waals surface area contributed by atoms with Crippen LogP contribution in [0, 0.1) is 11.3 Å². The van der Waals surface area contributed by atoms with E-state index in [9.17, 15) is 0 Å². The summed E-state index contributed by atoms with van der Waals surface area (Å²) in [7, 11) is 0. The number of fused-ring (bicyclic) bond motifs is 1. The molecule has 1 fully saturated rings. The van der Waals surface area contributed by atoms with E-state index in [1.54, 1.807) is 11.1 Å². The minimum absolute atomic E-state index is 0.336. The summed E-state index contributed by atoms with van der Waals surface area (Å²) in [6.07, 6.45) is 8.70. The molecule has 1 aromatic carbocycles. The van der Waals surface area contributed by atoms with Crippen LogP contribution in [0.5, 0.6) is 0 Å². The normalized spacial score (nSPS) is 33.6. The molecule has 0 N–H and O–H groups in total. The number of benzene rings is 1. The van der Waals surface area contributed by atoms with Gasteiger partial charge in [-0.2, -0.15) is 0 Å².